The molecule has 0 bridgehead atoms. The first kappa shape index (κ1) is 29.0. The predicted molar refractivity (Wildman–Crippen MR) is 138 cm³/mol. The van der Waals surface area contributed by atoms with E-state index < -0.39 is 36.6 Å². The lowest BCUT2D eigenvalue weighted by atomic mass is 9.88. The number of ether oxygens (including phenoxy) is 1. The number of benzene rings is 2. The van der Waals surface area contributed by atoms with Gasteiger partial charge < -0.3 is 20.3 Å². The Labute approximate surface area is 219 Å². The summed E-state index contributed by atoms with van der Waals surface area (Å²) in [6.07, 6.45) is -1.98. The van der Waals surface area contributed by atoms with Crippen molar-refractivity contribution in [1.82, 2.24) is 5.32 Å². The Bertz CT molecular complexity index is 1210. The number of aliphatic carboxylic acids is 1. The smallest absolute Gasteiger partial charge is 0.395 e. The Morgan fingerprint density at radius 1 is 1.11 bits per heavy atom. The largest absolute Gasteiger partial charge is 0.485 e. The summed E-state index contributed by atoms with van der Waals surface area (Å²) in [4.78, 5) is 23.0. The van der Waals surface area contributed by atoms with Crippen LogP contribution in [0.1, 0.15) is 59.0 Å². The Kier molecular flexibility index (Phi) is 9.04. The Hall–Kier alpha value is -3.59. The second-order valence-electron chi connectivity index (χ2n) is 9.80. The number of carbonyl (C=O) groups excluding carboxylic acids is 1. The van der Waals surface area contributed by atoms with Crippen LogP contribution >= 0.6 is 0 Å². The van der Waals surface area contributed by atoms with Gasteiger partial charge in [0.2, 0.25) is 0 Å². The Morgan fingerprint density at radius 3 is 2.18 bits per heavy atom. The number of amides is 1. The third kappa shape index (κ3) is 7.04. The summed E-state index contributed by atoms with van der Waals surface area (Å²) >= 11 is 0. The zero-order valence-electron chi connectivity index (χ0n) is 21.7. The van der Waals surface area contributed by atoms with Crippen LogP contribution in [0.5, 0.6) is 5.75 Å². The van der Waals surface area contributed by atoms with E-state index in [1.165, 1.54) is 12.2 Å². The standard InChI is InChI=1S/C29H32F3NO5/c1-16(2)26(20-5-7-21(8-6-20)27(35)33-15-24(34)28(36)37)38-23-13-17(3)25(18(4)14-23)19-9-11-22(12-10-19)29(30,31)32/h5-11,13-14,16,22,24,26,34H,12,15H2,1-4H3,(H,33,35)(H,36,37)/t22?,24-,26?/m0/s1. The molecule has 3 N–H and O–H groups in total. The number of aliphatic hydroxyl groups is 1. The molecule has 0 heterocycles. The Balaban J connectivity index is 1.75. The second-order valence-corrected chi connectivity index (χ2v) is 9.80. The van der Waals surface area contributed by atoms with Gasteiger partial charge in [0.25, 0.3) is 5.91 Å². The van der Waals surface area contributed by atoms with Gasteiger partial charge in [0.05, 0.1) is 12.5 Å². The maximum Gasteiger partial charge on any atom is 0.395 e. The van der Waals surface area contributed by atoms with Gasteiger partial charge in [-0.3, -0.25) is 4.79 Å². The van der Waals surface area contributed by atoms with Crippen molar-refractivity contribution < 1.29 is 37.7 Å². The number of carboxylic acids is 1. The predicted octanol–water partition coefficient (Wildman–Crippen LogP) is 5.78. The molecule has 2 unspecified atom stereocenters. The molecular weight excluding hydrogens is 499 g/mol. The number of alkyl halides is 3. The van der Waals surface area contributed by atoms with E-state index in [9.17, 15) is 27.9 Å². The zero-order chi connectivity index (χ0) is 28.2. The normalized spacial score (nSPS) is 17.1. The fourth-order valence-electron chi connectivity index (χ4n) is 4.43. The number of hydrogen-bond acceptors (Lipinski definition) is 4. The van der Waals surface area contributed by atoms with Crippen LogP contribution in [0.4, 0.5) is 13.2 Å². The van der Waals surface area contributed by atoms with E-state index >= 15 is 0 Å². The molecule has 0 spiro atoms. The van der Waals surface area contributed by atoms with Crippen LogP contribution in [0.15, 0.2) is 54.6 Å². The third-order valence-electron chi connectivity index (χ3n) is 6.43. The van der Waals surface area contributed by atoms with E-state index in [1.807, 2.05) is 39.8 Å². The first-order valence-electron chi connectivity index (χ1n) is 12.3. The van der Waals surface area contributed by atoms with E-state index in [2.05, 4.69) is 5.32 Å². The van der Waals surface area contributed by atoms with E-state index in [1.54, 1.807) is 30.3 Å². The van der Waals surface area contributed by atoms with Crippen molar-refractivity contribution >= 4 is 17.4 Å². The number of aliphatic hydroxyl groups excluding tert-OH is 1. The molecule has 3 rings (SSSR count). The number of carbonyl (C=O) groups is 2. The van der Waals surface area contributed by atoms with Gasteiger partial charge in [0, 0.05) is 5.56 Å². The zero-order valence-corrected chi connectivity index (χ0v) is 21.7. The fourth-order valence-corrected chi connectivity index (χ4v) is 4.43. The molecule has 204 valence electrons. The lowest BCUT2D eigenvalue weighted by molar-refractivity contribution is -0.160. The van der Waals surface area contributed by atoms with Crippen molar-refractivity contribution in [3.8, 4) is 5.75 Å². The van der Waals surface area contributed by atoms with Crippen LogP contribution in [0.2, 0.25) is 0 Å². The summed E-state index contributed by atoms with van der Waals surface area (Å²) in [6.45, 7) is 7.40. The van der Waals surface area contributed by atoms with E-state index in [4.69, 9.17) is 9.84 Å². The van der Waals surface area contributed by atoms with E-state index in [0.29, 0.717) is 11.3 Å². The number of hydrogen-bond donors (Lipinski definition) is 3. The van der Waals surface area contributed by atoms with Crippen LogP contribution in [-0.2, 0) is 4.79 Å². The van der Waals surface area contributed by atoms with Crippen molar-refractivity contribution in [3.63, 3.8) is 0 Å². The molecule has 1 aliphatic rings. The molecule has 38 heavy (non-hydrogen) atoms. The van der Waals surface area contributed by atoms with Crippen LogP contribution in [0, 0.1) is 25.7 Å². The SMILES string of the molecule is Cc1cc(OC(c2ccc(C(=O)NC[C@H](O)C(=O)O)cc2)C(C)C)cc(C)c1C1=CCC(C(F)(F)F)C=C1. The molecule has 0 saturated carbocycles. The van der Waals surface area contributed by atoms with Crippen molar-refractivity contribution in [1.29, 1.82) is 0 Å². The van der Waals surface area contributed by atoms with Crippen LogP contribution in [-0.4, -0.2) is 40.9 Å². The van der Waals surface area contributed by atoms with Crippen molar-refractivity contribution in [2.75, 3.05) is 6.54 Å². The summed E-state index contributed by atoms with van der Waals surface area (Å²) in [7, 11) is 0. The summed E-state index contributed by atoms with van der Waals surface area (Å²) in [5.74, 6) is -2.69. The summed E-state index contributed by atoms with van der Waals surface area (Å²) in [5, 5.41) is 20.4. The van der Waals surface area contributed by atoms with Gasteiger partial charge >= 0.3 is 12.1 Å². The van der Waals surface area contributed by atoms with Gasteiger partial charge in [-0.05, 0) is 78.3 Å². The first-order chi connectivity index (χ1) is 17.8. The van der Waals surface area contributed by atoms with Gasteiger partial charge in [-0.2, -0.15) is 13.2 Å². The molecule has 2 aromatic rings. The summed E-state index contributed by atoms with van der Waals surface area (Å²) in [6, 6.07) is 10.5. The second kappa shape index (κ2) is 11.9. The molecule has 0 aliphatic heterocycles. The van der Waals surface area contributed by atoms with Crippen molar-refractivity contribution in [2.45, 2.75) is 52.5 Å². The van der Waals surface area contributed by atoms with E-state index in [-0.39, 0.29) is 18.4 Å². The molecule has 2 aromatic carbocycles. The van der Waals surface area contributed by atoms with Crippen LogP contribution in [0.25, 0.3) is 5.57 Å². The quantitative estimate of drug-likeness (QED) is 0.382. The molecular formula is C29H32F3NO5. The highest BCUT2D eigenvalue weighted by Gasteiger charge is 2.38. The minimum absolute atomic E-state index is 0.0731. The molecule has 9 heteroatoms. The topological polar surface area (TPSA) is 95.9 Å². The highest BCUT2D eigenvalue weighted by atomic mass is 19.4. The molecule has 0 radical (unpaired) electrons. The van der Waals surface area contributed by atoms with Gasteiger partial charge in [-0.15, -0.1) is 0 Å². The number of allylic oxidation sites excluding steroid dienone is 4. The fraction of sp³-hybridized carbons (Fsp3) is 0.379. The first-order valence-corrected chi connectivity index (χ1v) is 12.3. The summed E-state index contributed by atoms with van der Waals surface area (Å²) < 4.78 is 45.4. The molecule has 0 saturated heterocycles. The van der Waals surface area contributed by atoms with Crippen LogP contribution < -0.4 is 10.1 Å². The van der Waals surface area contributed by atoms with E-state index in [0.717, 1.165) is 27.8 Å². The minimum atomic E-state index is -4.25. The number of halogens is 3. The molecule has 1 amide bonds. The third-order valence-corrected chi connectivity index (χ3v) is 6.43. The van der Waals surface area contributed by atoms with Crippen molar-refractivity contribution in [2.24, 2.45) is 11.8 Å². The highest BCUT2D eigenvalue weighted by Crippen LogP contribution is 2.38. The average molecular weight is 532 g/mol. The van der Waals surface area contributed by atoms with Gasteiger partial charge in [0.1, 0.15) is 11.9 Å². The number of rotatable bonds is 9. The minimum Gasteiger partial charge on any atom is -0.485 e. The van der Waals surface area contributed by atoms with Crippen LogP contribution in [0.3, 0.4) is 0 Å². The lowest BCUT2D eigenvalue weighted by Gasteiger charge is -2.25. The maximum atomic E-state index is 13.0. The van der Waals surface area contributed by atoms with Gasteiger partial charge in [-0.25, -0.2) is 4.79 Å². The average Bonchev–Trinajstić information content (AvgIpc) is 2.85. The van der Waals surface area contributed by atoms with Crippen molar-refractivity contribution in [3.05, 3.63) is 82.4 Å². The Morgan fingerprint density at radius 2 is 1.71 bits per heavy atom. The summed E-state index contributed by atoms with van der Waals surface area (Å²) in [5.41, 5.74) is 4.57. The monoisotopic (exact) mass is 531 g/mol. The maximum absolute atomic E-state index is 13.0. The molecule has 6 nitrogen and oxygen atoms in total. The molecule has 1 aliphatic carbocycles. The van der Waals surface area contributed by atoms with Gasteiger partial charge in [0.15, 0.2) is 6.10 Å². The highest BCUT2D eigenvalue weighted by molar-refractivity contribution is 5.94. The number of carboxylic acid groups (broad SMARTS) is 1. The lowest BCUT2D eigenvalue weighted by Crippen LogP contribution is -2.36. The molecule has 0 fully saturated rings. The van der Waals surface area contributed by atoms with Gasteiger partial charge in [-0.1, -0.05) is 44.2 Å². The number of nitrogens with one attached hydrogen (secondary N) is 1. The molecule has 3 atom stereocenters. The number of aryl methyl sites for hydroxylation is 2. The molecule has 0 aromatic heterocycles.